The number of carbonyl (C=O) groups excluding carboxylic acids is 2. The van der Waals surface area contributed by atoms with E-state index < -0.39 is 24.0 Å². The highest BCUT2D eigenvalue weighted by atomic mass is 32.1. The Bertz CT molecular complexity index is 1010. The van der Waals surface area contributed by atoms with Crippen LogP contribution in [-0.2, 0) is 22.4 Å². The van der Waals surface area contributed by atoms with Gasteiger partial charge in [-0.1, -0.05) is 72.0 Å². The average molecular weight is 448 g/mol. The molecule has 3 rings (SSSR count). The van der Waals surface area contributed by atoms with Gasteiger partial charge in [0, 0.05) is 6.42 Å². The van der Waals surface area contributed by atoms with Crippen LogP contribution in [0.3, 0.4) is 0 Å². The molecule has 162 valence electrons. The number of rotatable bonds is 8. The zero-order chi connectivity index (χ0) is 22.3. The molecule has 1 aromatic heterocycles. The summed E-state index contributed by atoms with van der Waals surface area (Å²) >= 11 is 1.20. The van der Waals surface area contributed by atoms with E-state index in [9.17, 15) is 22.8 Å². The standard InChI is InChI=1S/C21H19F3N4O2S/c22-21(23,24)19(30)25-16(15-9-5-2-6-10-15)13-17(29)26-20-28-27-18(31-20)12-11-14-7-3-1-4-8-14/h1-10,16H,11-13H2,(H,25,30)(H,26,28,29)/t16-/m1/s1. The van der Waals surface area contributed by atoms with Gasteiger partial charge in [-0.2, -0.15) is 13.2 Å². The molecule has 0 aliphatic carbocycles. The molecular formula is C21H19F3N4O2S. The number of halogens is 3. The Morgan fingerprint density at radius 1 is 0.935 bits per heavy atom. The molecule has 0 unspecified atom stereocenters. The van der Waals surface area contributed by atoms with Crippen LogP contribution >= 0.6 is 11.3 Å². The molecule has 10 heteroatoms. The molecule has 0 saturated carbocycles. The summed E-state index contributed by atoms with van der Waals surface area (Å²) in [5.41, 5.74) is 1.53. The van der Waals surface area contributed by atoms with Crippen molar-refractivity contribution in [2.45, 2.75) is 31.5 Å². The molecule has 31 heavy (non-hydrogen) atoms. The van der Waals surface area contributed by atoms with Gasteiger partial charge in [0.15, 0.2) is 0 Å². The zero-order valence-electron chi connectivity index (χ0n) is 16.2. The first-order chi connectivity index (χ1) is 14.8. The lowest BCUT2D eigenvalue weighted by Crippen LogP contribution is -2.40. The van der Waals surface area contributed by atoms with Gasteiger partial charge >= 0.3 is 12.1 Å². The van der Waals surface area contributed by atoms with Crippen LogP contribution < -0.4 is 10.6 Å². The molecule has 0 aliphatic rings. The van der Waals surface area contributed by atoms with Gasteiger partial charge in [-0.3, -0.25) is 9.59 Å². The fourth-order valence-electron chi connectivity index (χ4n) is 2.83. The fraction of sp³-hybridized carbons (Fsp3) is 0.238. The van der Waals surface area contributed by atoms with E-state index in [1.54, 1.807) is 30.3 Å². The van der Waals surface area contributed by atoms with Crippen molar-refractivity contribution < 1.29 is 22.8 Å². The second-order valence-corrected chi connectivity index (χ2v) is 7.74. The molecule has 0 radical (unpaired) electrons. The summed E-state index contributed by atoms with van der Waals surface area (Å²) in [6, 6.07) is 16.7. The highest BCUT2D eigenvalue weighted by Gasteiger charge is 2.40. The lowest BCUT2D eigenvalue weighted by atomic mass is 10.0. The third kappa shape index (κ3) is 6.88. The Labute approximate surface area is 180 Å². The van der Waals surface area contributed by atoms with E-state index in [1.165, 1.54) is 11.3 Å². The van der Waals surface area contributed by atoms with Gasteiger partial charge in [-0.05, 0) is 17.5 Å². The second-order valence-electron chi connectivity index (χ2n) is 6.67. The largest absolute Gasteiger partial charge is 0.471 e. The summed E-state index contributed by atoms with van der Waals surface area (Å²) in [4.78, 5) is 23.8. The molecular weight excluding hydrogens is 429 g/mol. The van der Waals surface area contributed by atoms with E-state index in [0.717, 1.165) is 17.0 Å². The second kappa shape index (κ2) is 10.2. The maximum absolute atomic E-state index is 12.7. The van der Waals surface area contributed by atoms with Crippen LogP contribution in [0.4, 0.5) is 18.3 Å². The van der Waals surface area contributed by atoms with E-state index in [1.807, 2.05) is 35.6 Å². The van der Waals surface area contributed by atoms with Crippen LogP contribution in [0, 0.1) is 0 Å². The molecule has 2 amide bonds. The number of carbonyl (C=O) groups is 2. The van der Waals surface area contributed by atoms with Crippen LogP contribution in [-0.4, -0.2) is 28.2 Å². The number of aromatic nitrogens is 2. The lowest BCUT2D eigenvalue weighted by molar-refractivity contribution is -0.174. The highest BCUT2D eigenvalue weighted by molar-refractivity contribution is 7.15. The van der Waals surface area contributed by atoms with Crippen molar-refractivity contribution >= 4 is 28.3 Å². The fourth-order valence-corrected chi connectivity index (χ4v) is 3.59. The minimum atomic E-state index is -5.05. The van der Waals surface area contributed by atoms with Gasteiger partial charge in [-0.15, -0.1) is 10.2 Å². The molecule has 6 nitrogen and oxygen atoms in total. The zero-order valence-corrected chi connectivity index (χ0v) is 17.0. The lowest BCUT2D eigenvalue weighted by Gasteiger charge is -2.19. The Morgan fingerprint density at radius 2 is 1.58 bits per heavy atom. The summed E-state index contributed by atoms with van der Waals surface area (Å²) in [7, 11) is 0. The predicted octanol–water partition coefficient (Wildman–Crippen LogP) is 4.07. The first-order valence-corrected chi connectivity index (χ1v) is 10.2. The number of hydrogen-bond donors (Lipinski definition) is 2. The van der Waals surface area contributed by atoms with Crippen molar-refractivity contribution in [2.75, 3.05) is 5.32 Å². The van der Waals surface area contributed by atoms with Gasteiger partial charge in [0.1, 0.15) is 5.01 Å². The van der Waals surface area contributed by atoms with Crippen molar-refractivity contribution in [3.63, 3.8) is 0 Å². The van der Waals surface area contributed by atoms with E-state index in [-0.39, 0.29) is 11.6 Å². The predicted molar refractivity (Wildman–Crippen MR) is 110 cm³/mol. The molecule has 0 fully saturated rings. The monoisotopic (exact) mass is 448 g/mol. The summed E-state index contributed by atoms with van der Waals surface area (Å²) in [6.45, 7) is 0. The number of amides is 2. The molecule has 0 saturated heterocycles. The molecule has 0 aliphatic heterocycles. The van der Waals surface area contributed by atoms with Crippen molar-refractivity contribution in [1.29, 1.82) is 0 Å². The smallest absolute Gasteiger partial charge is 0.341 e. The summed E-state index contributed by atoms with van der Waals surface area (Å²) in [6.07, 6.45) is -4.02. The molecule has 2 N–H and O–H groups in total. The maximum atomic E-state index is 12.7. The Balaban J connectivity index is 1.60. The number of anilines is 1. The van der Waals surface area contributed by atoms with E-state index in [4.69, 9.17) is 0 Å². The Kier molecular flexibility index (Phi) is 7.35. The minimum absolute atomic E-state index is 0.252. The summed E-state index contributed by atoms with van der Waals surface area (Å²) in [5.74, 6) is -2.68. The first-order valence-electron chi connectivity index (χ1n) is 9.40. The number of nitrogens with one attached hydrogen (secondary N) is 2. The maximum Gasteiger partial charge on any atom is 0.471 e. The topological polar surface area (TPSA) is 84.0 Å². The molecule has 2 aromatic carbocycles. The van der Waals surface area contributed by atoms with Crippen LogP contribution in [0.1, 0.15) is 28.6 Å². The van der Waals surface area contributed by atoms with Crippen LogP contribution in [0.5, 0.6) is 0 Å². The van der Waals surface area contributed by atoms with Crippen LogP contribution in [0.15, 0.2) is 60.7 Å². The normalized spacial score (nSPS) is 12.2. The van der Waals surface area contributed by atoms with E-state index in [2.05, 4.69) is 15.5 Å². The molecule has 0 spiro atoms. The van der Waals surface area contributed by atoms with Crippen LogP contribution in [0.25, 0.3) is 0 Å². The SMILES string of the molecule is O=C(C[C@@H](NC(=O)C(F)(F)F)c1ccccc1)Nc1nnc(CCc2ccccc2)s1. The Hall–Kier alpha value is -3.27. The minimum Gasteiger partial charge on any atom is -0.341 e. The van der Waals surface area contributed by atoms with Crippen molar-refractivity contribution in [3.8, 4) is 0 Å². The highest BCUT2D eigenvalue weighted by Crippen LogP contribution is 2.23. The number of nitrogens with zero attached hydrogens (tertiary/aromatic N) is 2. The van der Waals surface area contributed by atoms with Crippen molar-refractivity contribution in [3.05, 3.63) is 76.8 Å². The number of hydrogen-bond acceptors (Lipinski definition) is 5. The number of aryl methyl sites for hydroxylation is 2. The Morgan fingerprint density at radius 3 is 2.23 bits per heavy atom. The van der Waals surface area contributed by atoms with Crippen molar-refractivity contribution in [2.24, 2.45) is 0 Å². The van der Waals surface area contributed by atoms with Crippen LogP contribution in [0.2, 0.25) is 0 Å². The molecule has 1 atom stereocenters. The first kappa shape index (κ1) is 22.4. The number of benzene rings is 2. The van der Waals surface area contributed by atoms with E-state index in [0.29, 0.717) is 12.0 Å². The van der Waals surface area contributed by atoms with Gasteiger partial charge in [0.05, 0.1) is 12.5 Å². The quantitative estimate of drug-likeness (QED) is 0.544. The van der Waals surface area contributed by atoms with Crippen molar-refractivity contribution in [1.82, 2.24) is 15.5 Å². The third-order valence-corrected chi connectivity index (χ3v) is 5.24. The third-order valence-electron chi connectivity index (χ3n) is 4.34. The molecule has 3 aromatic rings. The molecule has 0 bridgehead atoms. The average Bonchev–Trinajstić information content (AvgIpc) is 3.19. The van der Waals surface area contributed by atoms with Gasteiger partial charge in [0.2, 0.25) is 11.0 Å². The van der Waals surface area contributed by atoms with Gasteiger partial charge < -0.3 is 10.6 Å². The van der Waals surface area contributed by atoms with Gasteiger partial charge in [0.25, 0.3) is 0 Å². The summed E-state index contributed by atoms with van der Waals surface area (Å²) in [5, 5.41) is 13.4. The molecule has 1 heterocycles. The number of alkyl halides is 3. The summed E-state index contributed by atoms with van der Waals surface area (Å²) < 4.78 is 38.0. The van der Waals surface area contributed by atoms with Gasteiger partial charge in [-0.25, -0.2) is 0 Å². The van der Waals surface area contributed by atoms with E-state index >= 15 is 0 Å².